The molecule has 1 saturated heterocycles. The number of amides is 1. The maximum absolute atomic E-state index is 11.8. The smallest absolute Gasteiger partial charge is 0.407 e. The molecule has 1 aliphatic heterocycles. The van der Waals surface area contributed by atoms with Crippen LogP contribution in [0.1, 0.15) is 27.2 Å². The van der Waals surface area contributed by atoms with E-state index >= 15 is 0 Å². The second kappa shape index (κ2) is 6.62. The number of aliphatic imine (C=N–C) groups is 1. The fourth-order valence-corrected chi connectivity index (χ4v) is 2.45. The van der Waals surface area contributed by atoms with Crippen molar-refractivity contribution >= 4 is 23.5 Å². The number of nitrogens with one attached hydrogen (secondary N) is 1. The molecule has 1 unspecified atom stereocenters. The van der Waals surface area contributed by atoms with E-state index in [1.807, 2.05) is 39.0 Å². The number of carbonyl (C=O) groups excluding carboxylic acids is 2. The molecule has 0 bridgehead atoms. The highest BCUT2D eigenvalue weighted by molar-refractivity contribution is 5.71. The van der Waals surface area contributed by atoms with E-state index < -0.39 is 11.7 Å². The maximum Gasteiger partial charge on any atom is 0.407 e. The van der Waals surface area contributed by atoms with E-state index in [-0.39, 0.29) is 6.04 Å². The van der Waals surface area contributed by atoms with Crippen LogP contribution in [-0.4, -0.2) is 36.9 Å². The van der Waals surface area contributed by atoms with Crippen LogP contribution in [0.5, 0.6) is 0 Å². The van der Waals surface area contributed by atoms with Gasteiger partial charge in [0.15, 0.2) is 0 Å². The third-order valence-electron chi connectivity index (χ3n) is 3.30. The first-order valence-corrected chi connectivity index (χ1v) is 7.30. The van der Waals surface area contributed by atoms with Crippen LogP contribution in [0, 0.1) is 0 Å². The molecular formula is C16H21N3O3. The summed E-state index contributed by atoms with van der Waals surface area (Å²) < 4.78 is 5.26. The van der Waals surface area contributed by atoms with Crippen LogP contribution in [0.15, 0.2) is 29.3 Å². The lowest BCUT2D eigenvalue weighted by Gasteiger charge is -2.23. The Bertz CT molecular complexity index is 589. The van der Waals surface area contributed by atoms with Crippen LogP contribution >= 0.6 is 0 Å². The Balaban J connectivity index is 1.99. The Kier molecular flexibility index (Phi) is 4.83. The molecule has 0 aliphatic carbocycles. The van der Waals surface area contributed by atoms with Gasteiger partial charge in [-0.25, -0.2) is 9.59 Å². The van der Waals surface area contributed by atoms with Gasteiger partial charge < -0.3 is 15.0 Å². The van der Waals surface area contributed by atoms with Crippen LogP contribution in [0.4, 0.5) is 16.2 Å². The second-order valence-corrected chi connectivity index (χ2v) is 6.27. The minimum Gasteiger partial charge on any atom is -0.444 e. The monoisotopic (exact) mass is 303 g/mol. The molecule has 6 heteroatoms. The van der Waals surface area contributed by atoms with Crippen molar-refractivity contribution in [2.45, 2.75) is 38.8 Å². The third-order valence-corrected chi connectivity index (χ3v) is 3.30. The first kappa shape index (κ1) is 16.0. The summed E-state index contributed by atoms with van der Waals surface area (Å²) in [5.74, 6) is 0. The molecule has 1 N–H and O–H groups in total. The Labute approximate surface area is 130 Å². The molecule has 0 aromatic heterocycles. The van der Waals surface area contributed by atoms with Gasteiger partial charge in [0.25, 0.3) is 0 Å². The highest BCUT2D eigenvalue weighted by Crippen LogP contribution is 2.30. The van der Waals surface area contributed by atoms with Crippen molar-refractivity contribution < 1.29 is 14.3 Å². The normalized spacial score (nSPS) is 17.8. The van der Waals surface area contributed by atoms with Gasteiger partial charge >= 0.3 is 6.09 Å². The van der Waals surface area contributed by atoms with Crippen molar-refractivity contribution in [1.82, 2.24) is 5.32 Å². The number of rotatable bonds is 3. The molecule has 22 heavy (non-hydrogen) atoms. The van der Waals surface area contributed by atoms with Gasteiger partial charge in [-0.05, 0) is 39.3 Å². The zero-order valence-electron chi connectivity index (χ0n) is 13.1. The van der Waals surface area contributed by atoms with E-state index in [2.05, 4.69) is 15.2 Å². The lowest BCUT2D eigenvalue weighted by atomic mass is 10.2. The van der Waals surface area contributed by atoms with Crippen LogP contribution < -0.4 is 10.2 Å². The summed E-state index contributed by atoms with van der Waals surface area (Å²) in [7, 11) is 0. The largest absolute Gasteiger partial charge is 0.444 e. The molecule has 0 radical (unpaired) electrons. The highest BCUT2D eigenvalue weighted by Gasteiger charge is 2.27. The average molecular weight is 303 g/mol. The van der Waals surface area contributed by atoms with Gasteiger partial charge in [0.2, 0.25) is 6.08 Å². The Morgan fingerprint density at radius 3 is 2.82 bits per heavy atom. The molecule has 1 aliphatic rings. The second-order valence-electron chi connectivity index (χ2n) is 6.27. The number of para-hydroxylation sites is 2. The predicted octanol–water partition coefficient (Wildman–Crippen LogP) is 2.76. The van der Waals surface area contributed by atoms with Gasteiger partial charge in [0, 0.05) is 13.1 Å². The molecule has 1 aromatic carbocycles. The topological polar surface area (TPSA) is 71.0 Å². The van der Waals surface area contributed by atoms with Gasteiger partial charge in [-0.15, -0.1) is 0 Å². The van der Waals surface area contributed by atoms with Gasteiger partial charge in [-0.1, -0.05) is 12.1 Å². The molecule has 1 heterocycles. The van der Waals surface area contributed by atoms with Crippen molar-refractivity contribution in [3.63, 3.8) is 0 Å². The van der Waals surface area contributed by atoms with E-state index in [1.165, 1.54) is 0 Å². The molecule has 6 nitrogen and oxygen atoms in total. The van der Waals surface area contributed by atoms with Crippen LogP contribution in [0.3, 0.4) is 0 Å². The number of benzene rings is 1. The van der Waals surface area contributed by atoms with Crippen molar-refractivity contribution in [3.05, 3.63) is 24.3 Å². The first-order chi connectivity index (χ1) is 10.4. The fourth-order valence-electron chi connectivity index (χ4n) is 2.45. The SMILES string of the molecule is CC(C)(C)OC(=O)NC1CCN(c2ccccc2N=C=O)C1. The Morgan fingerprint density at radius 2 is 2.14 bits per heavy atom. The van der Waals surface area contributed by atoms with E-state index in [0.29, 0.717) is 12.2 Å². The lowest BCUT2D eigenvalue weighted by Crippen LogP contribution is -2.40. The molecule has 0 saturated carbocycles. The van der Waals surface area contributed by atoms with Gasteiger partial charge in [-0.3, -0.25) is 0 Å². The molecule has 0 spiro atoms. The van der Waals surface area contributed by atoms with Crippen molar-refractivity contribution in [2.75, 3.05) is 18.0 Å². The van der Waals surface area contributed by atoms with Gasteiger partial charge in [-0.2, -0.15) is 4.99 Å². The van der Waals surface area contributed by atoms with Crippen LogP contribution in [-0.2, 0) is 9.53 Å². The fraction of sp³-hybridized carbons (Fsp3) is 0.500. The molecule has 118 valence electrons. The minimum absolute atomic E-state index is 0.0168. The number of hydrogen-bond acceptors (Lipinski definition) is 5. The predicted molar refractivity (Wildman–Crippen MR) is 84.2 cm³/mol. The van der Waals surface area contributed by atoms with E-state index in [9.17, 15) is 9.59 Å². The standard InChI is InChI=1S/C16H21N3O3/c1-16(2,3)22-15(21)18-12-8-9-19(10-12)14-7-5-4-6-13(14)17-11-20/h4-7,12H,8-10H2,1-3H3,(H,18,21). The number of anilines is 1. The van der Waals surface area contributed by atoms with Crippen LogP contribution in [0.25, 0.3) is 0 Å². The summed E-state index contributed by atoms with van der Waals surface area (Å²) in [5.41, 5.74) is 0.961. The summed E-state index contributed by atoms with van der Waals surface area (Å²) in [6, 6.07) is 7.42. The van der Waals surface area contributed by atoms with Crippen molar-refractivity contribution in [3.8, 4) is 0 Å². The average Bonchev–Trinajstić information content (AvgIpc) is 2.85. The number of carbonyl (C=O) groups is 1. The van der Waals surface area contributed by atoms with E-state index in [4.69, 9.17) is 4.74 Å². The summed E-state index contributed by atoms with van der Waals surface area (Å²) in [6.45, 7) is 6.94. The molecule has 2 rings (SSSR count). The summed E-state index contributed by atoms with van der Waals surface area (Å²) >= 11 is 0. The summed E-state index contributed by atoms with van der Waals surface area (Å²) in [4.78, 5) is 28.1. The quantitative estimate of drug-likeness (QED) is 0.688. The molecule has 1 atom stereocenters. The minimum atomic E-state index is -0.506. The number of nitrogens with zero attached hydrogens (tertiary/aromatic N) is 2. The number of isocyanates is 1. The molecular weight excluding hydrogens is 282 g/mol. The van der Waals surface area contributed by atoms with Crippen molar-refractivity contribution in [2.24, 2.45) is 4.99 Å². The maximum atomic E-state index is 11.8. The van der Waals surface area contributed by atoms with E-state index in [0.717, 1.165) is 18.7 Å². The van der Waals surface area contributed by atoms with Crippen molar-refractivity contribution in [1.29, 1.82) is 0 Å². The Morgan fingerprint density at radius 1 is 1.41 bits per heavy atom. The first-order valence-electron chi connectivity index (χ1n) is 7.30. The number of ether oxygens (including phenoxy) is 1. The zero-order valence-corrected chi connectivity index (χ0v) is 13.1. The van der Waals surface area contributed by atoms with Crippen LogP contribution in [0.2, 0.25) is 0 Å². The highest BCUT2D eigenvalue weighted by atomic mass is 16.6. The van der Waals surface area contributed by atoms with Gasteiger partial charge in [0.05, 0.1) is 17.4 Å². The number of alkyl carbamates (subject to hydrolysis) is 1. The number of hydrogen-bond donors (Lipinski definition) is 1. The molecule has 1 amide bonds. The lowest BCUT2D eigenvalue weighted by molar-refractivity contribution is 0.0509. The summed E-state index contributed by atoms with van der Waals surface area (Å²) in [6.07, 6.45) is 1.99. The van der Waals surface area contributed by atoms with E-state index in [1.54, 1.807) is 12.1 Å². The zero-order chi connectivity index (χ0) is 16.2. The summed E-state index contributed by atoms with van der Waals surface area (Å²) in [5, 5.41) is 2.88. The molecule has 1 aromatic rings. The third kappa shape index (κ3) is 4.33. The Hall–Kier alpha value is -2.33. The molecule has 1 fully saturated rings. The van der Waals surface area contributed by atoms with Gasteiger partial charge in [0.1, 0.15) is 5.60 Å².